The van der Waals surface area contributed by atoms with E-state index in [0.29, 0.717) is 25.2 Å². The number of hydrogen-bond acceptors (Lipinski definition) is 5. The van der Waals surface area contributed by atoms with Gasteiger partial charge in [-0.15, -0.1) is 0 Å². The summed E-state index contributed by atoms with van der Waals surface area (Å²) < 4.78 is 19.9. The van der Waals surface area contributed by atoms with Crippen molar-refractivity contribution >= 4 is 5.97 Å². The van der Waals surface area contributed by atoms with E-state index in [0.717, 1.165) is 45.7 Å². The van der Waals surface area contributed by atoms with Gasteiger partial charge in [-0.25, -0.2) is 0 Å². The molecule has 0 aromatic carbocycles. The zero-order valence-corrected chi connectivity index (χ0v) is 10.1. The van der Waals surface area contributed by atoms with Crippen LogP contribution in [0.2, 0.25) is 0 Å². The fourth-order valence-corrected chi connectivity index (χ4v) is 1.47. The number of esters is 1. The second kappa shape index (κ2) is 6.93. The van der Waals surface area contributed by atoms with Crippen molar-refractivity contribution in [3.8, 4) is 0 Å². The van der Waals surface area contributed by atoms with Crippen LogP contribution in [0, 0.1) is 0 Å². The summed E-state index contributed by atoms with van der Waals surface area (Å²) >= 11 is 0. The predicted octanol–water partition coefficient (Wildman–Crippen LogP) is 0.904. The van der Waals surface area contributed by atoms with E-state index in [2.05, 4.69) is 0 Å². The van der Waals surface area contributed by atoms with Gasteiger partial charge in [0.25, 0.3) is 0 Å². The van der Waals surface area contributed by atoms with Crippen LogP contribution in [0.25, 0.3) is 0 Å². The van der Waals surface area contributed by atoms with Crippen molar-refractivity contribution in [2.45, 2.75) is 37.9 Å². The van der Waals surface area contributed by atoms with Gasteiger partial charge >= 0.3 is 5.97 Å². The van der Waals surface area contributed by atoms with E-state index in [4.69, 9.17) is 18.9 Å². The summed E-state index contributed by atoms with van der Waals surface area (Å²) in [6, 6.07) is 0. The average molecular weight is 244 g/mol. The number of cyclic esters (lactones) is 1. The van der Waals surface area contributed by atoms with Crippen molar-refractivity contribution in [2.24, 2.45) is 0 Å². The molecule has 3 aliphatic heterocycles. The lowest BCUT2D eigenvalue weighted by atomic mass is 10.2. The largest absolute Gasteiger partial charge is 0.466 e. The van der Waals surface area contributed by atoms with Crippen LogP contribution in [0.1, 0.15) is 25.7 Å². The maximum absolute atomic E-state index is 10.5. The highest BCUT2D eigenvalue weighted by molar-refractivity contribution is 5.69. The first-order valence-electron chi connectivity index (χ1n) is 6.31. The first kappa shape index (κ1) is 12.8. The van der Waals surface area contributed by atoms with E-state index in [1.807, 2.05) is 0 Å². The summed E-state index contributed by atoms with van der Waals surface area (Å²) in [6.07, 6.45) is 4.61. The molecule has 5 heteroatoms. The first-order chi connectivity index (χ1) is 8.34. The molecule has 0 radical (unpaired) electrons. The van der Waals surface area contributed by atoms with Crippen LogP contribution < -0.4 is 0 Å². The Kier molecular flexibility index (Phi) is 5.22. The number of ether oxygens (including phenoxy) is 4. The number of carbonyl (C=O) groups is 1. The molecule has 3 heterocycles. The van der Waals surface area contributed by atoms with Crippen LogP contribution in [0.15, 0.2) is 0 Å². The second-order valence-electron chi connectivity index (χ2n) is 4.48. The third-order valence-corrected chi connectivity index (χ3v) is 2.70. The third kappa shape index (κ3) is 6.61. The zero-order valence-electron chi connectivity index (χ0n) is 10.1. The highest BCUT2D eigenvalue weighted by Crippen LogP contribution is 2.12. The van der Waals surface area contributed by atoms with Crippen molar-refractivity contribution in [3.05, 3.63) is 0 Å². The summed E-state index contributed by atoms with van der Waals surface area (Å²) in [4.78, 5) is 10.5. The Morgan fingerprint density at radius 1 is 1.06 bits per heavy atom. The van der Waals surface area contributed by atoms with E-state index >= 15 is 0 Å². The van der Waals surface area contributed by atoms with Crippen LogP contribution in [0.3, 0.4) is 0 Å². The smallest absolute Gasteiger partial charge is 0.305 e. The highest BCUT2D eigenvalue weighted by atomic mass is 16.6. The number of hydrogen-bond donors (Lipinski definition) is 0. The molecule has 3 fully saturated rings. The van der Waals surface area contributed by atoms with Gasteiger partial charge in [0.2, 0.25) is 0 Å². The quantitative estimate of drug-likeness (QED) is 0.543. The van der Waals surface area contributed by atoms with E-state index in [-0.39, 0.29) is 5.97 Å². The molecule has 3 rings (SSSR count). The summed E-state index contributed by atoms with van der Waals surface area (Å²) in [5, 5.41) is 0. The van der Waals surface area contributed by atoms with Crippen LogP contribution >= 0.6 is 0 Å². The minimum Gasteiger partial charge on any atom is -0.466 e. The summed E-state index contributed by atoms with van der Waals surface area (Å²) in [5.41, 5.74) is 0. The molecule has 2 atom stereocenters. The van der Waals surface area contributed by atoms with Crippen LogP contribution in [-0.2, 0) is 23.7 Å². The summed E-state index contributed by atoms with van der Waals surface area (Å²) in [5.74, 6) is -0.0255. The van der Waals surface area contributed by atoms with Crippen molar-refractivity contribution in [1.29, 1.82) is 0 Å². The molecule has 0 N–H and O–H groups in total. The Bertz CT molecular complexity index is 213. The van der Waals surface area contributed by atoms with Gasteiger partial charge in [-0.2, -0.15) is 0 Å². The standard InChI is InChI=1S/C6H10O3.C6H10O2/c1(5-3-8-5)7-2-6-4-9-6;7-6-4-2-1-3-5-8-6/h5-6H,1-4H2;1-5H2. The minimum absolute atomic E-state index is 0.0255. The lowest BCUT2D eigenvalue weighted by Gasteiger charge is -1.95. The summed E-state index contributed by atoms with van der Waals surface area (Å²) in [7, 11) is 0. The lowest BCUT2D eigenvalue weighted by molar-refractivity contribution is -0.142. The molecule has 0 aliphatic carbocycles. The Morgan fingerprint density at radius 2 is 1.71 bits per heavy atom. The van der Waals surface area contributed by atoms with Gasteiger partial charge in [-0.3, -0.25) is 4.79 Å². The molecule has 0 bridgehead atoms. The SMILES string of the molecule is C(OCC1CO1)C1CO1.O=C1CCCCCO1. The molecule has 0 spiro atoms. The maximum atomic E-state index is 10.5. The fraction of sp³-hybridized carbons (Fsp3) is 0.917. The molecular formula is C12H20O5. The molecule has 0 aromatic rings. The normalized spacial score (nSPS) is 30.7. The predicted molar refractivity (Wildman–Crippen MR) is 59.7 cm³/mol. The number of epoxide rings is 2. The number of rotatable bonds is 4. The zero-order chi connectivity index (χ0) is 11.9. The Balaban J connectivity index is 0.000000128. The Morgan fingerprint density at radius 3 is 2.29 bits per heavy atom. The molecule has 0 amide bonds. The average Bonchev–Trinajstić information content (AvgIpc) is 3.18. The fourth-order valence-electron chi connectivity index (χ4n) is 1.47. The molecule has 3 aliphatic rings. The molecule has 5 nitrogen and oxygen atoms in total. The Labute approximate surface area is 101 Å². The van der Waals surface area contributed by atoms with Gasteiger partial charge in [0.05, 0.1) is 33.0 Å². The van der Waals surface area contributed by atoms with Crippen LogP contribution in [0.5, 0.6) is 0 Å². The van der Waals surface area contributed by atoms with Crippen LogP contribution in [0.4, 0.5) is 0 Å². The van der Waals surface area contributed by atoms with Gasteiger partial charge in [0.15, 0.2) is 0 Å². The molecule has 3 saturated heterocycles. The topological polar surface area (TPSA) is 60.6 Å². The van der Waals surface area contributed by atoms with Gasteiger partial charge < -0.3 is 18.9 Å². The van der Waals surface area contributed by atoms with E-state index in [9.17, 15) is 4.79 Å². The molecule has 0 aromatic heterocycles. The van der Waals surface area contributed by atoms with Crippen LogP contribution in [-0.4, -0.2) is 51.2 Å². The minimum atomic E-state index is -0.0255. The molecular weight excluding hydrogens is 224 g/mol. The second-order valence-corrected chi connectivity index (χ2v) is 4.48. The van der Waals surface area contributed by atoms with E-state index in [1.54, 1.807) is 0 Å². The first-order valence-corrected chi connectivity index (χ1v) is 6.31. The van der Waals surface area contributed by atoms with Gasteiger partial charge in [-0.1, -0.05) is 0 Å². The third-order valence-electron chi connectivity index (χ3n) is 2.70. The molecule has 17 heavy (non-hydrogen) atoms. The van der Waals surface area contributed by atoms with E-state index in [1.165, 1.54) is 0 Å². The molecule has 98 valence electrons. The van der Waals surface area contributed by atoms with E-state index < -0.39 is 0 Å². The number of carbonyl (C=O) groups excluding carboxylic acids is 1. The maximum Gasteiger partial charge on any atom is 0.305 e. The monoisotopic (exact) mass is 244 g/mol. The van der Waals surface area contributed by atoms with Gasteiger partial charge in [0, 0.05) is 6.42 Å². The molecule has 0 saturated carbocycles. The molecule has 2 unspecified atom stereocenters. The highest BCUT2D eigenvalue weighted by Gasteiger charge is 2.26. The Hall–Kier alpha value is -0.650. The lowest BCUT2D eigenvalue weighted by Crippen LogP contribution is -2.06. The van der Waals surface area contributed by atoms with Crippen molar-refractivity contribution in [3.63, 3.8) is 0 Å². The summed E-state index contributed by atoms with van der Waals surface area (Å²) in [6.45, 7) is 3.90. The van der Waals surface area contributed by atoms with Crippen molar-refractivity contribution < 1.29 is 23.7 Å². The van der Waals surface area contributed by atoms with Crippen molar-refractivity contribution in [2.75, 3.05) is 33.0 Å². The van der Waals surface area contributed by atoms with Gasteiger partial charge in [0.1, 0.15) is 12.2 Å². The van der Waals surface area contributed by atoms with Gasteiger partial charge in [-0.05, 0) is 19.3 Å². The van der Waals surface area contributed by atoms with Crippen molar-refractivity contribution in [1.82, 2.24) is 0 Å².